The Morgan fingerprint density at radius 2 is 1.71 bits per heavy atom. The number of hydrogen-bond acceptors (Lipinski definition) is 5. The van der Waals surface area contributed by atoms with E-state index in [1.165, 1.54) is 11.0 Å². The Bertz CT molecular complexity index is 1850. The van der Waals surface area contributed by atoms with E-state index in [4.69, 9.17) is 11.6 Å². The molecule has 0 bridgehead atoms. The number of rotatable bonds is 2. The summed E-state index contributed by atoms with van der Waals surface area (Å²) in [5.74, 6) is -3.60. The third kappa shape index (κ3) is 3.63. The summed E-state index contributed by atoms with van der Waals surface area (Å²) in [7, 11) is 0. The Morgan fingerprint density at radius 3 is 2.49 bits per heavy atom. The zero-order chi connectivity index (χ0) is 28.7. The van der Waals surface area contributed by atoms with Gasteiger partial charge in [-0.2, -0.15) is 0 Å². The number of Topliss-reactive ketones (excluding diaryl/α,β-unsaturated/α-hetero) is 1. The summed E-state index contributed by atoms with van der Waals surface area (Å²) in [4.78, 5) is 56.2. The molecule has 4 atom stereocenters. The van der Waals surface area contributed by atoms with Crippen LogP contribution >= 0.6 is 11.6 Å². The van der Waals surface area contributed by atoms with Crippen molar-refractivity contribution in [2.45, 2.75) is 32.6 Å². The maximum Gasteiger partial charge on any atom is 0.238 e. The molecule has 7 rings (SSSR count). The van der Waals surface area contributed by atoms with Gasteiger partial charge in [0.1, 0.15) is 5.75 Å². The standard InChI is InChI=1S/C34H26ClNO5/c1-16-7-9-19(14-25(16)35)36-33(40)22-11-10-21-23(28(22)34(36)41)15-24-27(38)13-17(2)32(39)31(24)30(21)29-20-6-4-3-5-18(20)8-12-26(29)37/h3-10,12-14,22-23,28,30,37H,11,15H2,1-2H3. The number of fused-ring (bicyclic) bond motifs is 4. The lowest BCUT2D eigenvalue weighted by Gasteiger charge is -2.42. The van der Waals surface area contributed by atoms with Gasteiger partial charge in [0.25, 0.3) is 0 Å². The van der Waals surface area contributed by atoms with Crippen LogP contribution in [0.15, 0.2) is 89.0 Å². The Labute approximate surface area is 241 Å². The van der Waals surface area contributed by atoms with Crippen LogP contribution in [0.3, 0.4) is 0 Å². The van der Waals surface area contributed by atoms with Gasteiger partial charge in [-0.15, -0.1) is 0 Å². The number of phenols is 1. The molecule has 1 saturated heterocycles. The molecule has 7 heteroatoms. The number of carbonyl (C=O) groups excluding carboxylic acids is 4. The maximum atomic E-state index is 14.1. The van der Waals surface area contributed by atoms with Crippen molar-refractivity contribution >= 4 is 51.4 Å². The lowest BCUT2D eigenvalue weighted by Crippen LogP contribution is -2.40. The van der Waals surface area contributed by atoms with E-state index in [-0.39, 0.29) is 35.6 Å². The lowest BCUT2D eigenvalue weighted by molar-refractivity contribution is -0.123. The van der Waals surface area contributed by atoms with Gasteiger partial charge in [-0.05, 0) is 73.2 Å². The van der Waals surface area contributed by atoms with Crippen molar-refractivity contribution < 1.29 is 24.3 Å². The van der Waals surface area contributed by atoms with Gasteiger partial charge in [0.2, 0.25) is 11.8 Å². The second kappa shape index (κ2) is 9.11. The van der Waals surface area contributed by atoms with Gasteiger partial charge in [0.15, 0.2) is 11.6 Å². The molecule has 204 valence electrons. The molecule has 0 aromatic heterocycles. The van der Waals surface area contributed by atoms with Crippen LogP contribution in [0.2, 0.25) is 5.02 Å². The second-order valence-electron chi connectivity index (χ2n) is 11.4. The number of nitrogens with zero attached hydrogens (tertiary/aromatic N) is 1. The second-order valence-corrected chi connectivity index (χ2v) is 11.8. The van der Waals surface area contributed by atoms with Crippen LogP contribution in [0.5, 0.6) is 5.75 Å². The van der Waals surface area contributed by atoms with Gasteiger partial charge in [0.05, 0.1) is 17.5 Å². The van der Waals surface area contributed by atoms with Crippen molar-refractivity contribution in [1.29, 1.82) is 0 Å². The number of benzene rings is 3. The molecule has 1 N–H and O–H groups in total. The highest BCUT2D eigenvalue weighted by molar-refractivity contribution is 6.32. The first-order chi connectivity index (χ1) is 19.7. The molecule has 4 unspecified atom stereocenters. The first-order valence-corrected chi connectivity index (χ1v) is 14.1. The number of aromatic hydroxyl groups is 1. The molecule has 1 fully saturated rings. The summed E-state index contributed by atoms with van der Waals surface area (Å²) in [5.41, 5.74) is 3.68. The summed E-state index contributed by atoms with van der Waals surface area (Å²) in [6, 6.07) is 16.2. The van der Waals surface area contributed by atoms with Crippen molar-refractivity contribution in [3.05, 3.63) is 105 Å². The molecule has 6 nitrogen and oxygen atoms in total. The van der Waals surface area contributed by atoms with E-state index < -0.39 is 23.7 Å². The number of allylic oxidation sites excluding steroid dienone is 6. The van der Waals surface area contributed by atoms with E-state index in [1.807, 2.05) is 43.3 Å². The number of anilines is 1. The molecule has 0 radical (unpaired) electrons. The third-order valence-corrected chi connectivity index (χ3v) is 9.62. The van der Waals surface area contributed by atoms with E-state index >= 15 is 0 Å². The van der Waals surface area contributed by atoms with Crippen molar-refractivity contribution in [2.75, 3.05) is 4.90 Å². The Hall–Kier alpha value is -4.29. The minimum atomic E-state index is -0.721. The topological polar surface area (TPSA) is 91.8 Å². The van der Waals surface area contributed by atoms with Crippen LogP contribution in [0, 0.1) is 24.7 Å². The highest BCUT2D eigenvalue weighted by Gasteiger charge is 2.57. The quantitative estimate of drug-likeness (QED) is 0.230. The smallest absolute Gasteiger partial charge is 0.238 e. The molecule has 0 saturated carbocycles. The van der Waals surface area contributed by atoms with Gasteiger partial charge in [-0.1, -0.05) is 59.6 Å². The van der Waals surface area contributed by atoms with Gasteiger partial charge < -0.3 is 5.11 Å². The zero-order valence-corrected chi connectivity index (χ0v) is 23.2. The van der Waals surface area contributed by atoms with E-state index in [2.05, 4.69) is 0 Å². The fourth-order valence-electron chi connectivity index (χ4n) is 7.26. The fourth-order valence-corrected chi connectivity index (χ4v) is 7.43. The molecule has 3 aromatic carbocycles. The van der Waals surface area contributed by atoms with Gasteiger partial charge in [-0.25, -0.2) is 4.90 Å². The normalized spacial score (nSPS) is 25.7. The molecule has 3 aromatic rings. The molecule has 1 heterocycles. The summed E-state index contributed by atoms with van der Waals surface area (Å²) in [5, 5.41) is 13.4. The van der Waals surface area contributed by atoms with Crippen molar-refractivity contribution in [3.63, 3.8) is 0 Å². The molecule has 0 spiro atoms. The lowest BCUT2D eigenvalue weighted by atomic mass is 9.59. The van der Waals surface area contributed by atoms with Gasteiger partial charge in [0, 0.05) is 33.2 Å². The molecule has 2 amide bonds. The number of aryl methyl sites for hydroxylation is 1. The first kappa shape index (κ1) is 25.7. The minimum Gasteiger partial charge on any atom is -0.508 e. The first-order valence-electron chi connectivity index (χ1n) is 13.7. The SMILES string of the molecule is CC1=CC(=O)C2=C(C1=O)C(c1c(O)ccc3ccccc13)C1=CCC3C(=O)N(c4ccc(C)c(Cl)c4)C(=O)C3C1C2. The largest absolute Gasteiger partial charge is 0.508 e. The number of phenolic OH excluding ortho intramolecular Hbond substituents is 1. The number of amides is 2. The molecular formula is C34H26ClNO5. The predicted octanol–water partition coefficient (Wildman–Crippen LogP) is 6.14. The predicted molar refractivity (Wildman–Crippen MR) is 156 cm³/mol. The molecule has 1 aliphatic heterocycles. The van der Waals surface area contributed by atoms with Crippen LogP contribution in [0.4, 0.5) is 5.69 Å². The number of ketones is 2. The number of imide groups is 1. The van der Waals surface area contributed by atoms with E-state index in [1.54, 1.807) is 31.2 Å². The van der Waals surface area contributed by atoms with Crippen LogP contribution < -0.4 is 4.90 Å². The Balaban J connectivity index is 1.42. The third-order valence-electron chi connectivity index (χ3n) is 9.21. The van der Waals surface area contributed by atoms with Crippen LogP contribution in [-0.4, -0.2) is 28.5 Å². The number of carbonyl (C=O) groups is 4. The van der Waals surface area contributed by atoms with Crippen molar-refractivity contribution in [1.82, 2.24) is 0 Å². The summed E-state index contributed by atoms with van der Waals surface area (Å²) in [6.07, 6.45) is 3.82. The Morgan fingerprint density at radius 1 is 0.927 bits per heavy atom. The Kier molecular flexibility index (Phi) is 5.70. The minimum absolute atomic E-state index is 0.0152. The summed E-state index contributed by atoms with van der Waals surface area (Å²) < 4.78 is 0. The average Bonchev–Trinajstić information content (AvgIpc) is 3.22. The van der Waals surface area contributed by atoms with E-state index in [9.17, 15) is 24.3 Å². The summed E-state index contributed by atoms with van der Waals surface area (Å²) in [6.45, 7) is 3.48. The molecule has 41 heavy (non-hydrogen) atoms. The van der Waals surface area contributed by atoms with Crippen LogP contribution in [-0.2, 0) is 19.2 Å². The van der Waals surface area contributed by atoms with E-state index in [0.29, 0.717) is 39.4 Å². The van der Waals surface area contributed by atoms with Crippen molar-refractivity contribution in [3.8, 4) is 5.75 Å². The van der Waals surface area contributed by atoms with Gasteiger partial charge >= 0.3 is 0 Å². The highest BCUT2D eigenvalue weighted by atomic mass is 35.5. The number of halogens is 1. The number of hydrogen-bond donors (Lipinski definition) is 1. The van der Waals surface area contributed by atoms with Gasteiger partial charge in [-0.3, -0.25) is 19.2 Å². The monoisotopic (exact) mass is 563 g/mol. The molecular weight excluding hydrogens is 538 g/mol. The summed E-state index contributed by atoms with van der Waals surface area (Å²) >= 11 is 6.35. The van der Waals surface area contributed by atoms with Crippen LogP contribution in [0.1, 0.15) is 36.8 Å². The molecule has 3 aliphatic carbocycles. The fraction of sp³-hybridized carbons (Fsp3) is 0.235. The zero-order valence-electron chi connectivity index (χ0n) is 22.5. The van der Waals surface area contributed by atoms with Crippen molar-refractivity contribution in [2.24, 2.45) is 17.8 Å². The van der Waals surface area contributed by atoms with E-state index in [0.717, 1.165) is 21.9 Å². The molecule has 4 aliphatic rings. The maximum absolute atomic E-state index is 14.1. The highest BCUT2D eigenvalue weighted by Crippen LogP contribution is 2.57. The van der Waals surface area contributed by atoms with Crippen LogP contribution in [0.25, 0.3) is 10.8 Å². The average molecular weight is 564 g/mol.